The summed E-state index contributed by atoms with van der Waals surface area (Å²) in [6, 6.07) is 13.0. The van der Waals surface area contributed by atoms with Gasteiger partial charge in [-0.15, -0.1) is 0 Å². The maximum absolute atomic E-state index is 9.86. The Morgan fingerprint density at radius 1 is 1.14 bits per heavy atom. The second-order valence-electron chi connectivity index (χ2n) is 4.59. The molecule has 0 saturated heterocycles. The van der Waals surface area contributed by atoms with Crippen molar-refractivity contribution in [2.24, 2.45) is 0 Å². The first-order valence-electron chi connectivity index (χ1n) is 6.83. The third kappa shape index (κ3) is 5.41. The van der Waals surface area contributed by atoms with E-state index in [0.717, 1.165) is 11.4 Å². The van der Waals surface area contributed by atoms with Crippen LogP contribution in [0, 0.1) is 0 Å². The average molecular weight is 288 g/mol. The Bertz CT molecular complexity index is 517. The summed E-state index contributed by atoms with van der Waals surface area (Å²) in [6.45, 7) is 1.31. The fourth-order valence-corrected chi connectivity index (χ4v) is 1.79. The molecule has 0 bridgehead atoms. The summed E-state index contributed by atoms with van der Waals surface area (Å²) in [5, 5.41) is 13.0. The predicted octanol–water partition coefficient (Wildman–Crippen LogP) is 1.62. The van der Waals surface area contributed by atoms with Crippen molar-refractivity contribution in [1.29, 1.82) is 0 Å². The van der Waals surface area contributed by atoms with E-state index in [4.69, 9.17) is 9.47 Å². The molecule has 0 aliphatic heterocycles. The Morgan fingerprint density at radius 2 is 1.90 bits per heavy atom. The van der Waals surface area contributed by atoms with Crippen LogP contribution in [0.1, 0.15) is 5.69 Å². The van der Waals surface area contributed by atoms with Crippen molar-refractivity contribution in [3.8, 4) is 11.5 Å². The minimum atomic E-state index is -0.573. The lowest BCUT2D eigenvalue weighted by Gasteiger charge is -2.13. The molecular formula is C16H20N2O3. The van der Waals surface area contributed by atoms with Crippen LogP contribution in [0.15, 0.2) is 48.7 Å². The van der Waals surface area contributed by atoms with Crippen molar-refractivity contribution in [2.75, 3.05) is 20.3 Å². The van der Waals surface area contributed by atoms with E-state index in [1.165, 1.54) is 0 Å². The molecule has 5 heteroatoms. The van der Waals surface area contributed by atoms with E-state index in [1.54, 1.807) is 13.3 Å². The number of hydrogen-bond donors (Lipinski definition) is 2. The van der Waals surface area contributed by atoms with Gasteiger partial charge in [0.1, 0.15) is 24.2 Å². The van der Waals surface area contributed by atoms with Crippen LogP contribution in [-0.2, 0) is 6.54 Å². The average Bonchev–Trinajstić information content (AvgIpc) is 2.54. The molecule has 0 amide bonds. The smallest absolute Gasteiger partial charge is 0.119 e. The molecule has 2 N–H and O–H groups in total. The van der Waals surface area contributed by atoms with E-state index in [1.807, 2.05) is 42.5 Å². The molecule has 0 aliphatic carbocycles. The maximum atomic E-state index is 9.86. The van der Waals surface area contributed by atoms with Crippen LogP contribution in [0.4, 0.5) is 0 Å². The standard InChI is InChI=1S/C16H20N2O3/c1-20-15-5-7-16(8-6-15)21-12-14(19)11-17-10-13-4-2-3-9-18-13/h2-9,14,17,19H,10-12H2,1H3. The molecule has 0 fully saturated rings. The van der Waals surface area contributed by atoms with Gasteiger partial charge in [0.15, 0.2) is 0 Å². The molecule has 5 nitrogen and oxygen atoms in total. The highest BCUT2D eigenvalue weighted by atomic mass is 16.5. The van der Waals surface area contributed by atoms with Gasteiger partial charge in [0.25, 0.3) is 0 Å². The van der Waals surface area contributed by atoms with E-state index in [0.29, 0.717) is 18.8 Å². The fraction of sp³-hybridized carbons (Fsp3) is 0.312. The van der Waals surface area contributed by atoms with Crippen molar-refractivity contribution < 1.29 is 14.6 Å². The molecule has 1 aromatic heterocycles. The van der Waals surface area contributed by atoms with Crippen LogP contribution >= 0.6 is 0 Å². The first-order valence-corrected chi connectivity index (χ1v) is 6.83. The Morgan fingerprint density at radius 3 is 2.57 bits per heavy atom. The van der Waals surface area contributed by atoms with Crippen molar-refractivity contribution >= 4 is 0 Å². The molecule has 0 saturated carbocycles. The summed E-state index contributed by atoms with van der Waals surface area (Å²) in [7, 11) is 1.62. The van der Waals surface area contributed by atoms with E-state index in [2.05, 4.69) is 10.3 Å². The highest BCUT2D eigenvalue weighted by Gasteiger charge is 2.05. The lowest BCUT2D eigenvalue weighted by Crippen LogP contribution is -2.31. The van der Waals surface area contributed by atoms with Crippen molar-refractivity contribution in [3.05, 3.63) is 54.4 Å². The van der Waals surface area contributed by atoms with E-state index in [9.17, 15) is 5.11 Å². The van der Waals surface area contributed by atoms with E-state index in [-0.39, 0.29) is 6.61 Å². The molecule has 2 rings (SSSR count). The van der Waals surface area contributed by atoms with Gasteiger partial charge in [-0.25, -0.2) is 0 Å². The summed E-state index contributed by atoms with van der Waals surface area (Å²) in [5.41, 5.74) is 0.945. The van der Waals surface area contributed by atoms with Gasteiger partial charge in [0.2, 0.25) is 0 Å². The third-order valence-corrected chi connectivity index (χ3v) is 2.91. The first kappa shape index (κ1) is 15.3. The minimum Gasteiger partial charge on any atom is -0.497 e. The number of aliphatic hydroxyl groups is 1. The molecule has 21 heavy (non-hydrogen) atoms. The molecule has 1 unspecified atom stereocenters. The van der Waals surface area contributed by atoms with Gasteiger partial charge < -0.3 is 19.9 Å². The van der Waals surface area contributed by atoms with Crippen LogP contribution in [0.2, 0.25) is 0 Å². The van der Waals surface area contributed by atoms with E-state index >= 15 is 0 Å². The molecule has 0 radical (unpaired) electrons. The Hall–Kier alpha value is -2.11. The van der Waals surface area contributed by atoms with Crippen molar-refractivity contribution in [2.45, 2.75) is 12.6 Å². The van der Waals surface area contributed by atoms with Crippen molar-refractivity contribution in [3.63, 3.8) is 0 Å². The number of rotatable bonds is 8. The normalized spacial score (nSPS) is 11.9. The van der Waals surface area contributed by atoms with Gasteiger partial charge in [-0.1, -0.05) is 6.07 Å². The van der Waals surface area contributed by atoms with Crippen LogP contribution in [0.25, 0.3) is 0 Å². The second kappa shape index (κ2) is 8.24. The number of ether oxygens (including phenoxy) is 2. The number of methoxy groups -OCH3 is 1. The van der Waals surface area contributed by atoms with Gasteiger partial charge in [0, 0.05) is 19.3 Å². The lowest BCUT2D eigenvalue weighted by molar-refractivity contribution is 0.106. The molecular weight excluding hydrogens is 268 g/mol. The topological polar surface area (TPSA) is 63.6 Å². The van der Waals surface area contributed by atoms with Crippen LogP contribution in [0.3, 0.4) is 0 Å². The van der Waals surface area contributed by atoms with Gasteiger partial charge in [0.05, 0.1) is 12.8 Å². The zero-order chi connectivity index (χ0) is 14.9. The van der Waals surface area contributed by atoms with Crippen LogP contribution in [-0.4, -0.2) is 36.5 Å². The summed E-state index contributed by atoms with van der Waals surface area (Å²) < 4.78 is 10.6. The summed E-state index contributed by atoms with van der Waals surface area (Å²) in [5.74, 6) is 1.49. The van der Waals surface area contributed by atoms with Gasteiger partial charge in [-0.3, -0.25) is 4.98 Å². The van der Waals surface area contributed by atoms with Gasteiger partial charge in [-0.05, 0) is 36.4 Å². The Balaban J connectivity index is 1.66. The SMILES string of the molecule is COc1ccc(OCC(O)CNCc2ccccn2)cc1. The number of hydrogen-bond acceptors (Lipinski definition) is 5. The highest BCUT2D eigenvalue weighted by Crippen LogP contribution is 2.16. The highest BCUT2D eigenvalue weighted by molar-refractivity contribution is 5.31. The van der Waals surface area contributed by atoms with Crippen LogP contribution < -0.4 is 14.8 Å². The Labute approximate surface area is 124 Å². The monoisotopic (exact) mass is 288 g/mol. The fourth-order valence-electron chi connectivity index (χ4n) is 1.79. The lowest BCUT2D eigenvalue weighted by atomic mass is 10.3. The summed E-state index contributed by atoms with van der Waals surface area (Å²) >= 11 is 0. The molecule has 0 aliphatic rings. The maximum Gasteiger partial charge on any atom is 0.119 e. The molecule has 1 heterocycles. The Kier molecular flexibility index (Phi) is 5.99. The zero-order valence-corrected chi connectivity index (χ0v) is 12.0. The van der Waals surface area contributed by atoms with Gasteiger partial charge in [-0.2, -0.15) is 0 Å². The number of pyridine rings is 1. The molecule has 1 aromatic carbocycles. The molecule has 0 spiro atoms. The predicted molar refractivity (Wildman–Crippen MR) is 80.4 cm³/mol. The zero-order valence-electron chi connectivity index (χ0n) is 12.0. The minimum absolute atomic E-state index is 0.238. The molecule has 112 valence electrons. The first-order chi connectivity index (χ1) is 10.3. The van der Waals surface area contributed by atoms with Gasteiger partial charge >= 0.3 is 0 Å². The van der Waals surface area contributed by atoms with Crippen molar-refractivity contribution in [1.82, 2.24) is 10.3 Å². The number of nitrogens with zero attached hydrogens (tertiary/aromatic N) is 1. The quantitative estimate of drug-likeness (QED) is 0.773. The number of aliphatic hydroxyl groups excluding tert-OH is 1. The van der Waals surface area contributed by atoms with E-state index < -0.39 is 6.10 Å². The summed E-state index contributed by atoms with van der Waals surface area (Å²) in [4.78, 5) is 4.20. The molecule has 1 atom stereocenters. The number of aromatic nitrogens is 1. The summed E-state index contributed by atoms with van der Waals surface area (Å²) in [6.07, 6.45) is 1.18. The third-order valence-electron chi connectivity index (χ3n) is 2.91. The number of nitrogens with one attached hydrogen (secondary N) is 1. The number of benzene rings is 1. The van der Waals surface area contributed by atoms with Crippen LogP contribution in [0.5, 0.6) is 11.5 Å². The second-order valence-corrected chi connectivity index (χ2v) is 4.59. The molecule has 2 aromatic rings. The largest absolute Gasteiger partial charge is 0.497 e.